The monoisotopic (exact) mass is 438 g/mol. The molecule has 2 N–H and O–H groups in total. The van der Waals surface area contributed by atoms with E-state index >= 15 is 0 Å². The number of carbonyl (C=O) groups excluding carboxylic acids is 1. The first-order valence-corrected chi connectivity index (χ1v) is 10.7. The predicted molar refractivity (Wildman–Crippen MR) is 128 cm³/mol. The maximum atomic E-state index is 12.7. The summed E-state index contributed by atoms with van der Waals surface area (Å²) < 4.78 is 25.2. The van der Waals surface area contributed by atoms with E-state index in [0.29, 0.717) is 17.7 Å². The maximum Gasteiger partial charge on any atom is 0.128 e. The Morgan fingerprint density at radius 3 is 2.31 bits per heavy atom. The molecule has 0 aliphatic rings. The summed E-state index contributed by atoms with van der Waals surface area (Å²) >= 11 is 0. The number of rotatable bonds is 5. The molecule has 3 aromatic rings. The normalized spacial score (nSPS) is 9.59. The van der Waals surface area contributed by atoms with Crippen LogP contribution in [-0.4, -0.2) is 10.9 Å². The number of nitrogens with zero attached hydrogens (tertiary/aromatic N) is 1. The number of nitrogens with two attached hydrogens (primary N) is 1. The van der Waals surface area contributed by atoms with Crippen LogP contribution in [0.2, 0.25) is 0 Å². The molecule has 0 spiro atoms. The number of halogens is 2. The first kappa shape index (κ1) is 26.9. The van der Waals surface area contributed by atoms with Crippen LogP contribution in [0.3, 0.4) is 0 Å². The fourth-order valence-corrected chi connectivity index (χ4v) is 3.01. The molecule has 0 aliphatic heterocycles. The van der Waals surface area contributed by atoms with Gasteiger partial charge in [-0.1, -0.05) is 44.5 Å². The number of pyridine rings is 1. The van der Waals surface area contributed by atoms with Gasteiger partial charge in [-0.3, -0.25) is 4.98 Å². The zero-order valence-electron chi connectivity index (χ0n) is 19.3. The van der Waals surface area contributed by atoms with Crippen LogP contribution in [0.4, 0.5) is 8.78 Å². The number of hydrogen-bond donors (Lipinski definition) is 1. The summed E-state index contributed by atoms with van der Waals surface area (Å²) in [5.74, 6) is 1.29. The van der Waals surface area contributed by atoms with Crippen molar-refractivity contribution in [2.24, 2.45) is 5.73 Å². The second-order valence-electron chi connectivity index (χ2n) is 7.23. The molecule has 0 bridgehead atoms. The van der Waals surface area contributed by atoms with Gasteiger partial charge in [0.05, 0.1) is 5.69 Å². The fourth-order valence-electron chi connectivity index (χ4n) is 3.01. The van der Waals surface area contributed by atoms with Crippen LogP contribution in [0.25, 0.3) is 5.57 Å². The highest BCUT2D eigenvalue weighted by atomic mass is 19.1. The second-order valence-corrected chi connectivity index (χ2v) is 7.23. The Morgan fingerprint density at radius 2 is 1.75 bits per heavy atom. The van der Waals surface area contributed by atoms with E-state index in [0.717, 1.165) is 36.1 Å². The quantitative estimate of drug-likeness (QED) is 0.479. The zero-order chi connectivity index (χ0) is 23.9. The van der Waals surface area contributed by atoms with Crippen LogP contribution >= 0.6 is 0 Å². The number of hydrogen-bond acceptors (Lipinski definition) is 3. The zero-order valence-corrected chi connectivity index (χ0v) is 19.3. The van der Waals surface area contributed by atoms with Gasteiger partial charge in [-0.15, -0.1) is 0 Å². The van der Waals surface area contributed by atoms with Gasteiger partial charge >= 0.3 is 0 Å². The molecule has 32 heavy (non-hydrogen) atoms. The lowest BCUT2D eigenvalue weighted by Crippen LogP contribution is -2.02. The molecule has 3 nitrogen and oxygen atoms in total. The minimum Gasteiger partial charge on any atom is -0.325 e. The van der Waals surface area contributed by atoms with Gasteiger partial charge in [0.1, 0.15) is 17.6 Å². The van der Waals surface area contributed by atoms with Crippen molar-refractivity contribution >= 4 is 11.5 Å². The Hall–Kier alpha value is -3.14. The summed E-state index contributed by atoms with van der Waals surface area (Å²) in [6.45, 7) is 8.19. The van der Waals surface area contributed by atoms with Gasteiger partial charge in [0, 0.05) is 18.3 Å². The highest BCUT2D eigenvalue weighted by Gasteiger charge is 2.02. The lowest BCUT2D eigenvalue weighted by Gasteiger charge is -2.01. The van der Waals surface area contributed by atoms with Crippen LogP contribution < -0.4 is 5.73 Å². The van der Waals surface area contributed by atoms with Crippen molar-refractivity contribution < 1.29 is 13.6 Å². The molecule has 0 aliphatic carbocycles. The minimum absolute atomic E-state index is 0.133. The Labute approximate surface area is 190 Å². The van der Waals surface area contributed by atoms with Crippen LogP contribution in [-0.2, 0) is 24.2 Å². The molecule has 0 fully saturated rings. The third-order valence-electron chi connectivity index (χ3n) is 4.74. The molecule has 0 atom stereocenters. The van der Waals surface area contributed by atoms with Gasteiger partial charge in [-0.05, 0) is 79.3 Å². The molecular weight excluding hydrogens is 406 g/mol. The fraction of sp³-hybridized carbons (Fsp3) is 0.296. The molecule has 1 heterocycles. The first-order chi connectivity index (χ1) is 15.4. The summed E-state index contributed by atoms with van der Waals surface area (Å²) in [4.78, 5) is 14.4. The van der Waals surface area contributed by atoms with E-state index in [1.54, 1.807) is 37.3 Å². The Morgan fingerprint density at radius 1 is 1.03 bits per heavy atom. The van der Waals surface area contributed by atoms with Crippen molar-refractivity contribution in [1.29, 1.82) is 0 Å². The molecular formula is C27H32F2N2O. The molecule has 2 aromatic carbocycles. The van der Waals surface area contributed by atoms with Gasteiger partial charge in [-0.25, -0.2) is 13.6 Å². The van der Waals surface area contributed by atoms with Crippen molar-refractivity contribution in [2.45, 2.75) is 53.5 Å². The highest BCUT2D eigenvalue weighted by molar-refractivity contribution is 5.87. The van der Waals surface area contributed by atoms with Crippen LogP contribution in [0, 0.1) is 18.6 Å². The van der Waals surface area contributed by atoms with E-state index in [4.69, 9.17) is 5.73 Å². The molecule has 0 radical (unpaired) electrons. The smallest absolute Gasteiger partial charge is 0.128 e. The van der Waals surface area contributed by atoms with E-state index in [1.807, 2.05) is 19.1 Å². The number of aromatic nitrogens is 1. The van der Waals surface area contributed by atoms with E-state index < -0.39 is 0 Å². The van der Waals surface area contributed by atoms with Crippen LogP contribution in [0.15, 0.2) is 60.8 Å². The standard InChI is InChI=1S/C10H9FO.C9H11F.C8H12N2/c1-7-3-4-9(11)5-10(7)8(2)6-12;1-2-4-8-5-3-6-9(10)7-8;1-2-7-4-3-5-10-8(7)6-9/h3-5H,1-2H3;3,5-7H,2,4H2,1H3;3-5H,2,6,9H2,1H3. The second kappa shape index (κ2) is 14.8. The molecule has 1 aromatic heterocycles. The Kier molecular flexibility index (Phi) is 12.4. The van der Waals surface area contributed by atoms with Gasteiger partial charge < -0.3 is 5.73 Å². The van der Waals surface area contributed by atoms with Crippen molar-refractivity contribution in [3.8, 4) is 0 Å². The topological polar surface area (TPSA) is 56.0 Å². The van der Waals surface area contributed by atoms with Crippen molar-refractivity contribution in [3.63, 3.8) is 0 Å². The predicted octanol–water partition coefficient (Wildman–Crippen LogP) is 6.25. The third kappa shape index (κ3) is 9.34. The van der Waals surface area contributed by atoms with E-state index in [9.17, 15) is 13.6 Å². The van der Waals surface area contributed by atoms with Gasteiger partial charge in [0.2, 0.25) is 0 Å². The summed E-state index contributed by atoms with van der Waals surface area (Å²) in [7, 11) is 0. The van der Waals surface area contributed by atoms with E-state index in [2.05, 4.69) is 24.9 Å². The minimum atomic E-state index is -0.329. The molecule has 3 rings (SSSR count). The molecule has 0 saturated carbocycles. The molecule has 5 heteroatoms. The van der Waals surface area contributed by atoms with Crippen molar-refractivity contribution in [3.05, 3.63) is 100 Å². The van der Waals surface area contributed by atoms with Crippen molar-refractivity contribution in [1.82, 2.24) is 4.98 Å². The molecule has 0 amide bonds. The van der Waals surface area contributed by atoms with Crippen LogP contribution in [0.1, 0.15) is 55.1 Å². The average Bonchev–Trinajstić information content (AvgIpc) is 2.81. The average molecular weight is 439 g/mol. The summed E-state index contributed by atoms with van der Waals surface area (Å²) in [6.07, 6.45) is 4.84. The number of aryl methyl sites for hydroxylation is 3. The van der Waals surface area contributed by atoms with Gasteiger partial charge in [0.15, 0.2) is 0 Å². The number of allylic oxidation sites excluding steroid dienone is 1. The summed E-state index contributed by atoms with van der Waals surface area (Å²) in [6, 6.07) is 15.1. The summed E-state index contributed by atoms with van der Waals surface area (Å²) in [5.41, 5.74) is 10.8. The molecule has 0 unspecified atom stereocenters. The van der Waals surface area contributed by atoms with Gasteiger partial charge in [0.25, 0.3) is 0 Å². The molecule has 170 valence electrons. The lowest BCUT2D eigenvalue weighted by atomic mass is 10.0. The van der Waals surface area contributed by atoms with E-state index in [1.165, 1.54) is 23.8 Å². The maximum absolute atomic E-state index is 12.7. The largest absolute Gasteiger partial charge is 0.325 e. The van der Waals surface area contributed by atoms with E-state index in [-0.39, 0.29) is 11.6 Å². The summed E-state index contributed by atoms with van der Waals surface area (Å²) in [5, 5.41) is 0. The molecule has 0 saturated heterocycles. The Balaban J connectivity index is 0.000000241. The van der Waals surface area contributed by atoms with Gasteiger partial charge in [-0.2, -0.15) is 0 Å². The third-order valence-corrected chi connectivity index (χ3v) is 4.74. The Bertz CT molecular complexity index is 1000. The lowest BCUT2D eigenvalue weighted by molar-refractivity contribution is 0.569. The van der Waals surface area contributed by atoms with Crippen molar-refractivity contribution in [2.75, 3.05) is 0 Å². The van der Waals surface area contributed by atoms with Crippen LogP contribution in [0.5, 0.6) is 0 Å². The SMILES string of the molecule is CC(=C=O)c1cc(F)ccc1C.CCCc1cccc(F)c1.CCc1cccnc1CN. The highest BCUT2D eigenvalue weighted by Crippen LogP contribution is 2.16. The number of benzene rings is 2. The first-order valence-electron chi connectivity index (χ1n) is 10.7.